The van der Waals surface area contributed by atoms with Crippen LogP contribution in [0.15, 0.2) is 24.5 Å². The second kappa shape index (κ2) is 7.21. The first-order valence-corrected chi connectivity index (χ1v) is 10.0. The second-order valence-corrected chi connectivity index (χ2v) is 7.50. The summed E-state index contributed by atoms with van der Waals surface area (Å²) in [6.07, 6.45) is 5.38. The Morgan fingerprint density at radius 1 is 0.786 bits per heavy atom. The first kappa shape index (κ1) is 17.2. The number of piperidine rings is 1. The topological polar surface area (TPSA) is 78.6 Å². The molecular weight excluding hydrogens is 354 g/mol. The lowest BCUT2D eigenvalue weighted by atomic mass is 10.1. The standard InChI is InChI=1S/C19H25N9/c1-15-13-18(28-19(22-15)20-14-21-28)27-11-9-26(10-12-27)17-6-5-16(23-24-17)25-7-3-2-4-8-25/h5-6,13-14H,2-4,7-12H2,1H3. The van der Waals surface area contributed by atoms with Gasteiger partial charge in [-0.3, -0.25) is 0 Å². The highest BCUT2D eigenvalue weighted by molar-refractivity contribution is 5.50. The molecule has 0 radical (unpaired) electrons. The van der Waals surface area contributed by atoms with Crippen molar-refractivity contribution in [2.45, 2.75) is 26.2 Å². The summed E-state index contributed by atoms with van der Waals surface area (Å²) >= 11 is 0. The number of rotatable bonds is 3. The molecule has 5 rings (SSSR count). The maximum absolute atomic E-state index is 4.51. The third-order valence-corrected chi connectivity index (χ3v) is 5.61. The van der Waals surface area contributed by atoms with Crippen LogP contribution in [0.3, 0.4) is 0 Å². The molecule has 0 aliphatic carbocycles. The molecule has 9 nitrogen and oxygen atoms in total. The minimum absolute atomic E-state index is 0.650. The summed E-state index contributed by atoms with van der Waals surface area (Å²) < 4.78 is 1.82. The SMILES string of the molecule is Cc1cc(N2CCN(c3ccc(N4CCCCC4)nn3)CC2)n2ncnc2n1. The van der Waals surface area contributed by atoms with Gasteiger partial charge in [-0.2, -0.15) is 14.6 Å². The fourth-order valence-corrected chi connectivity index (χ4v) is 4.08. The summed E-state index contributed by atoms with van der Waals surface area (Å²) in [5.74, 6) is 3.66. The van der Waals surface area contributed by atoms with E-state index in [2.05, 4.69) is 58.2 Å². The van der Waals surface area contributed by atoms with Crippen LogP contribution < -0.4 is 14.7 Å². The van der Waals surface area contributed by atoms with Gasteiger partial charge in [0.1, 0.15) is 12.1 Å². The smallest absolute Gasteiger partial charge is 0.254 e. The van der Waals surface area contributed by atoms with E-state index >= 15 is 0 Å². The van der Waals surface area contributed by atoms with E-state index in [4.69, 9.17) is 0 Å². The zero-order valence-electron chi connectivity index (χ0n) is 16.2. The molecule has 2 aliphatic rings. The van der Waals surface area contributed by atoms with Crippen molar-refractivity contribution in [3.05, 3.63) is 30.2 Å². The summed E-state index contributed by atoms with van der Waals surface area (Å²) in [5.41, 5.74) is 0.956. The summed E-state index contributed by atoms with van der Waals surface area (Å²) in [7, 11) is 0. The second-order valence-electron chi connectivity index (χ2n) is 7.50. The third-order valence-electron chi connectivity index (χ3n) is 5.61. The van der Waals surface area contributed by atoms with Crippen LogP contribution in [0.2, 0.25) is 0 Å². The predicted octanol–water partition coefficient (Wildman–Crippen LogP) is 1.54. The molecule has 0 unspecified atom stereocenters. The molecule has 28 heavy (non-hydrogen) atoms. The lowest BCUT2D eigenvalue weighted by Gasteiger charge is -2.36. The molecule has 9 heteroatoms. The van der Waals surface area contributed by atoms with Crippen molar-refractivity contribution in [1.82, 2.24) is 29.8 Å². The first-order valence-electron chi connectivity index (χ1n) is 10.0. The fourth-order valence-electron chi connectivity index (χ4n) is 4.08. The molecule has 0 bridgehead atoms. The Kier molecular flexibility index (Phi) is 4.42. The summed E-state index contributed by atoms with van der Waals surface area (Å²) in [4.78, 5) is 15.6. The normalized spacial score (nSPS) is 18.1. The lowest BCUT2D eigenvalue weighted by Crippen LogP contribution is -2.47. The van der Waals surface area contributed by atoms with Gasteiger partial charge in [0.15, 0.2) is 11.6 Å². The van der Waals surface area contributed by atoms with Crippen LogP contribution in [-0.2, 0) is 0 Å². The Bertz CT molecular complexity index is 938. The molecule has 146 valence electrons. The number of nitrogens with zero attached hydrogens (tertiary/aromatic N) is 9. The van der Waals surface area contributed by atoms with Gasteiger partial charge in [-0.05, 0) is 38.3 Å². The molecule has 0 amide bonds. The lowest BCUT2D eigenvalue weighted by molar-refractivity contribution is 0.570. The highest BCUT2D eigenvalue weighted by Gasteiger charge is 2.22. The average Bonchev–Trinajstić information content (AvgIpc) is 3.22. The van der Waals surface area contributed by atoms with Gasteiger partial charge >= 0.3 is 0 Å². The number of anilines is 3. The zero-order valence-corrected chi connectivity index (χ0v) is 16.2. The number of aryl methyl sites for hydroxylation is 1. The molecule has 3 aromatic heterocycles. The van der Waals surface area contributed by atoms with Crippen molar-refractivity contribution in [2.24, 2.45) is 0 Å². The van der Waals surface area contributed by atoms with Gasteiger partial charge in [0, 0.05) is 51.0 Å². The van der Waals surface area contributed by atoms with Crippen LogP contribution in [0, 0.1) is 6.92 Å². The van der Waals surface area contributed by atoms with Crippen molar-refractivity contribution >= 4 is 23.2 Å². The van der Waals surface area contributed by atoms with Crippen LogP contribution >= 0.6 is 0 Å². The minimum atomic E-state index is 0.650. The molecule has 3 aromatic rings. The van der Waals surface area contributed by atoms with Crippen LogP contribution in [0.25, 0.3) is 5.78 Å². The summed E-state index contributed by atoms with van der Waals surface area (Å²) in [6.45, 7) is 7.77. The van der Waals surface area contributed by atoms with Crippen molar-refractivity contribution in [1.29, 1.82) is 0 Å². The summed E-state index contributed by atoms with van der Waals surface area (Å²) in [5, 5.41) is 13.3. The highest BCUT2D eigenvalue weighted by atomic mass is 15.4. The van der Waals surface area contributed by atoms with E-state index in [9.17, 15) is 0 Å². The van der Waals surface area contributed by atoms with E-state index in [1.165, 1.54) is 19.3 Å². The molecule has 0 N–H and O–H groups in total. The van der Waals surface area contributed by atoms with Gasteiger partial charge in [-0.1, -0.05) is 0 Å². The van der Waals surface area contributed by atoms with E-state index in [-0.39, 0.29) is 0 Å². The van der Waals surface area contributed by atoms with Gasteiger partial charge in [0.05, 0.1) is 0 Å². The van der Waals surface area contributed by atoms with E-state index in [0.717, 1.165) is 62.4 Å². The molecule has 5 heterocycles. The van der Waals surface area contributed by atoms with E-state index < -0.39 is 0 Å². The Balaban J connectivity index is 1.27. The van der Waals surface area contributed by atoms with Crippen molar-refractivity contribution in [3.63, 3.8) is 0 Å². The van der Waals surface area contributed by atoms with Crippen molar-refractivity contribution < 1.29 is 0 Å². The highest BCUT2D eigenvalue weighted by Crippen LogP contribution is 2.22. The maximum atomic E-state index is 4.51. The van der Waals surface area contributed by atoms with Crippen LogP contribution in [-0.4, -0.2) is 69.0 Å². The molecule has 2 fully saturated rings. The Morgan fingerprint density at radius 3 is 2.11 bits per heavy atom. The summed E-state index contributed by atoms with van der Waals surface area (Å²) in [6, 6.07) is 6.30. The molecule has 2 saturated heterocycles. The average molecular weight is 379 g/mol. The Hall–Kier alpha value is -2.97. The Labute approximate surface area is 164 Å². The molecule has 0 saturated carbocycles. The van der Waals surface area contributed by atoms with Gasteiger partial charge < -0.3 is 14.7 Å². The van der Waals surface area contributed by atoms with Crippen LogP contribution in [0.4, 0.5) is 17.5 Å². The molecule has 0 atom stereocenters. The molecule has 2 aliphatic heterocycles. The largest absolute Gasteiger partial charge is 0.355 e. The van der Waals surface area contributed by atoms with E-state index in [0.29, 0.717) is 5.78 Å². The Morgan fingerprint density at radius 2 is 1.43 bits per heavy atom. The quantitative estimate of drug-likeness (QED) is 0.678. The maximum Gasteiger partial charge on any atom is 0.254 e. The van der Waals surface area contributed by atoms with Gasteiger partial charge in [0.2, 0.25) is 0 Å². The number of aromatic nitrogens is 6. The fraction of sp³-hybridized carbons (Fsp3) is 0.526. The number of hydrogen-bond acceptors (Lipinski definition) is 8. The van der Waals surface area contributed by atoms with Crippen LogP contribution in [0.1, 0.15) is 25.0 Å². The minimum Gasteiger partial charge on any atom is -0.355 e. The number of piperazine rings is 1. The first-order chi connectivity index (χ1) is 13.8. The van der Waals surface area contributed by atoms with Gasteiger partial charge in [-0.25, -0.2) is 4.98 Å². The van der Waals surface area contributed by atoms with E-state index in [1.54, 1.807) is 6.33 Å². The van der Waals surface area contributed by atoms with Crippen molar-refractivity contribution in [2.75, 3.05) is 54.0 Å². The van der Waals surface area contributed by atoms with Gasteiger partial charge in [0.25, 0.3) is 5.78 Å². The van der Waals surface area contributed by atoms with Crippen molar-refractivity contribution in [3.8, 4) is 0 Å². The molecule has 0 aromatic carbocycles. The van der Waals surface area contributed by atoms with E-state index in [1.807, 2.05) is 11.4 Å². The van der Waals surface area contributed by atoms with Gasteiger partial charge in [-0.15, -0.1) is 10.2 Å². The third kappa shape index (κ3) is 3.21. The number of fused-ring (bicyclic) bond motifs is 1. The number of hydrogen-bond donors (Lipinski definition) is 0. The predicted molar refractivity (Wildman–Crippen MR) is 108 cm³/mol. The zero-order chi connectivity index (χ0) is 18.9. The molecular formula is C19H25N9. The van der Waals surface area contributed by atoms with Crippen LogP contribution in [0.5, 0.6) is 0 Å². The molecule has 0 spiro atoms. The monoisotopic (exact) mass is 379 g/mol.